The van der Waals surface area contributed by atoms with Gasteiger partial charge in [-0.1, -0.05) is 18.2 Å². The van der Waals surface area contributed by atoms with Crippen LogP contribution in [-0.2, 0) is 16.0 Å². The number of pyridine rings is 1. The van der Waals surface area contributed by atoms with Gasteiger partial charge in [0.1, 0.15) is 0 Å². The fourth-order valence-electron chi connectivity index (χ4n) is 3.20. The van der Waals surface area contributed by atoms with Crippen molar-refractivity contribution in [1.29, 1.82) is 0 Å². The van der Waals surface area contributed by atoms with Gasteiger partial charge in [-0.2, -0.15) is 5.10 Å². The zero-order valence-electron chi connectivity index (χ0n) is 15.6. The zero-order valence-corrected chi connectivity index (χ0v) is 15.6. The topological polar surface area (TPSA) is 72.3 Å². The number of hydrogen-bond donors (Lipinski definition) is 1. The number of morpholine rings is 1. The molecule has 1 aliphatic heterocycles. The van der Waals surface area contributed by atoms with Crippen LogP contribution in [0.3, 0.4) is 0 Å². The minimum absolute atomic E-state index is 0.0324. The first-order chi connectivity index (χ1) is 13.8. The number of nitrogens with zero attached hydrogens (tertiary/aromatic N) is 4. The molecule has 0 bridgehead atoms. The van der Waals surface area contributed by atoms with Crippen molar-refractivity contribution in [3.8, 4) is 5.69 Å². The Morgan fingerprint density at radius 3 is 2.75 bits per heavy atom. The third kappa shape index (κ3) is 4.37. The predicted octanol–water partition coefficient (Wildman–Crippen LogP) is 2.68. The molecule has 1 fully saturated rings. The molecule has 28 heavy (non-hydrogen) atoms. The average molecular weight is 377 g/mol. The van der Waals surface area contributed by atoms with Crippen molar-refractivity contribution in [2.75, 3.05) is 36.5 Å². The Labute approximate surface area is 164 Å². The highest BCUT2D eigenvalue weighted by Crippen LogP contribution is 2.23. The molecular formula is C21H23N5O2. The third-order valence-electron chi connectivity index (χ3n) is 4.67. The normalized spacial score (nSPS) is 14.1. The lowest BCUT2D eigenvalue weighted by atomic mass is 10.2. The van der Waals surface area contributed by atoms with Gasteiger partial charge in [0.2, 0.25) is 5.91 Å². The number of rotatable bonds is 6. The first-order valence-electron chi connectivity index (χ1n) is 9.46. The van der Waals surface area contributed by atoms with E-state index >= 15 is 0 Å². The Kier molecular flexibility index (Phi) is 5.63. The molecule has 144 valence electrons. The Morgan fingerprint density at radius 2 is 1.93 bits per heavy atom. The maximum Gasteiger partial charge on any atom is 0.224 e. The maximum atomic E-state index is 12.5. The van der Waals surface area contributed by atoms with Gasteiger partial charge in [-0.25, -0.2) is 9.67 Å². The highest BCUT2D eigenvalue weighted by molar-refractivity contribution is 5.93. The van der Waals surface area contributed by atoms with Crippen molar-refractivity contribution >= 4 is 17.4 Å². The summed E-state index contributed by atoms with van der Waals surface area (Å²) in [5, 5.41) is 7.39. The average Bonchev–Trinajstić information content (AvgIpc) is 3.23. The van der Waals surface area contributed by atoms with Crippen molar-refractivity contribution in [3.05, 3.63) is 66.6 Å². The quantitative estimate of drug-likeness (QED) is 0.715. The molecule has 1 amide bonds. The van der Waals surface area contributed by atoms with Crippen molar-refractivity contribution < 1.29 is 9.53 Å². The van der Waals surface area contributed by atoms with Crippen LogP contribution in [0.2, 0.25) is 0 Å². The van der Waals surface area contributed by atoms with Crippen molar-refractivity contribution in [2.45, 2.75) is 12.8 Å². The minimum Gasteiger partial charge on any atom is -0.378 e. The van der Waals surface area contributed by atoms with Crippen LogP contribution in [0.5, 0.6) is 0 Å². The summed E-state index contributed by atoms with van der Waals surface area (Å²) < 4.78 is 7.22. The lowest BCUT2D eigenvalue weighted by Gasteiger charge is -2.29. The van der Waals surface area contributed by atoms with Gasteiger partial charge in [0.25, 0.3) is 0 Å². The van der Waals surface area contributed by atoms with Crippen LogP contribution in [0.25, 0.3) is 5.69 Å². The Hall–Kier alpha value is -3.19. The highest BCUT2D eigenvalue weighted by atomic mass is 16.5. The van der Waals surface area contributed by atoms with E-state index in [2.05, 4.69) is 20.3 Å². The number of benzene rings is 1. The van der Waals surface area contributed by atoms with E-state index in [1.54, 1.807) is 6.20 Å². The summed E-state index contributed by atoms with van der Waals surface area (Å²) in [5.41, 5.74) is 2.77. The number of aromatic nitrogens is 3. The summed E-state index contributed by atoms with van der Waals surface area (Å²) in [4.78, 5) is 19.1. The molecule has 0 radical (unpaired) electrons. The molecule has 0 unspecified atom stereocenters. The molecule has 1 saturated heterocycles. The fourth-order valence-corrected chi connectivity index (χ4v) is 3.20. The molecule has 1 aliphatic rings. The monoisotopic (exact) mass is 377 g/mol. The standard InChI is InChI=1S/C21H23N5O2/c27-20(9-8-17-15-23-26(16-17)18-5-2-1-3-6-18)24-19-7-4-10-22-21(19)25-11-13-28-14-12-25/h1-7,10,15-16H,8-9,11-14H2,(H,24,27). The fraction of sp³-hybridized carbons (Fsp3) is 0.286. The molecule has 4 rings (SSSR count). The summed E-state index contributed by atoms with van der Waals surface area (Å²) in [5.74, 6) is 0.769. The summed E-state index contributed by atoms with van der Waals surface area (Å²) in [6.07, 6.45) is 6.54. The van der Waals surface area contributed by atoms with E-state index in [1.807, 2.05) is 59.5 Å². The molecule has 2 aromatic heterocycles. The van der Waals surface area contributed by atoms with E-state index in [1.165, 1.54) is 0 Å². The molecular weight excluding hydrogens is 354 g/mol. The summed E-state index contributed by atoms with van der Waals surface area (Å²) in [6.45, 7) is 2.90. The van der Waals surface area contributed by atoms with Crippen molar-refractivity contribution in [2.24, 2.45) is 0 Å². The SMILES string of the molecule is O=C(CCc1cnn(-c2ccccc2)c1)Nc1cccnc1N1CCOCC1. The molecule has 1 N–H and O–H groups in total. The van der Waals surface area contributed by atoms with Crippen LogP contribution in [0.15, 0.2) is 61.1 Å². The molecule has 7 nitrogen and oxygen atoms in total. The molecule has 0 saturated carbocycles. The summed E-state index contributed by atoms with van der Waals surface area (Å²) in [7, 11) is 0. The molecule has 0 aliphatic carbocycles. The first-order valence-corrected chi connectivity index (χ1v) is 9.46. The second kappa shape index (κ2) is 8.67. The minimum atomic E-state index is -0.0324. The van der Waals surface area contributed by atoms with Crippen LogP contribution in [0.1, 0.15) is 12.0 Å². The number of para-hydroxylation sites is 1. The second-order valence-electron chi connectivity index (χ2n) is 6.65. The van der Waals surface area contributed by atoms with Crippen LogP contribution in [-0.4, -0.2) is 47.0 Å². The Balaban J connectivity index is 1.36. The number of hydrogen-bond acceptors (Lipinski definition) is 5. The number of aryl methyl sites for hydroxylation is 1. The van der Waals surface area contributed by atoms with Gasteiger partial charge in [0, 0.05) is 31.9 Å². The lowest BCUT2D eigenvalue weighted by molar-refractivity contribution is -0.116. The van der Waals surface area contributed by atoms with Gasteiger partial charge in [0.05, 0.1) is 30.8 Å². The van der Waals surface area contributed by atoms with Gasteiger partial charge >= 0.3 is 0 Å². The highest BCUT2D eigenvalue weighted by Gasteiger charge is 2.17. The van der Waals surface area contributed by atoms with E-state index in [9.17, 15) is 4.79 Å². The second-order valence-corrected chi connectivity index (χ2v) is 6.65. The van der Waals surface area contributed by atoms with Gasteiger partial charge in [-0.05, 0) is 36.2 Å². The van der Waals surface area contributed by atoms with Crippen LogP contribution < -0.4 is 10.2 Å². The predicted molar refractivity (Wildman–Crippen MR) is 108 cm³/mol. The van der Waals surface area contributed by atoms with Crippen molar-refractivity contribution in [3.63, 3.8) is 0 Å². The van der Waals surface area contributed by atoms with Gasteiger partial charge in [0.15, 0.2) is 5.82 Å². The molecule has 0 spiro atoms. The van der Waals surface area contributed by atoms with Gasteiger partial charge in [-0.3, -0.25) is 4.79 Å². The van der Waals surface area contributed by atoms with E-state index in [4.69, 9.17) is 4.74 Å². The van der Waals surface area contributed by atoms with Crippen LogP contribution in [0, 0.1) is 0 Å². The van der Waals surface area contributed by atoms with Gasteiger partial charge < -0.3 is 15.0 Å². The van der Waals surface area contributed by atoms with E-state index < -0.39 is 0 Å². The number of anilines is 2. The molecule has 7 heteroatoms. The number of nitrogens with one attached hydrogen (secondary N) is 1. The largest absolute Gasteiger partial charge is 0.378 e. The maximum absolute atomic E-state index is 12.5. The van der Waals surface area contributed by atoms with Crippen LogP contribution in [0.4, 0.5) is 11.5 Å². The Morgan fingerprint density at radius 1 is 1.11 bits per heavy atom. The number of ether oxygens (including phenoxy) is 1. The third-order valence-corrected chi connectivity index (χ3v) is 4.67. The smallest absolute Gasteiger partial charge is 0.224 e. The summed E-state index contributed by atoms with van der Waals surface area (Å²) >= 11 is 0. The van der Waals surface area contributed by atoms with Crippen LogP contribution >= 0.6 is 0 Å². The lowest BCUT2D eigenvalue weighted by Crippen LogP contribution is -2.37. The molecule has 3 aromatic rings. The Bertz CT molecular complexity index is 919. The van der Waals surface area contributed by atoms with E-state index in [0.717, 1.165) is 35.8 Å². The number of amides is 1. The summed E-state index contributed by atoms with van der Waals surface area (Å²) in [6, 6.07) is 13.7. The molecule has 0 atom stereocenters. The van der Waals surface area contributed by atoms with Gasteiger partial charge in [-0.15, -0.1) is 0 Å². The van der Waals surface area contributed by atoms with E-state index in [0.29, 0.717) is 26.1 Å². The first kappa shape index (κ1) is 18.2. The van der Waals surface area contributed by atoms with E-state index in [-0.39, 0.29) is 5.91 Å². The number of carbonyl (C=O) groups is 1. The van der Waals surface area contributed by atoms with Crippen molar-refractivity contribution in [1.82, 2.24) is 14.8 Å². The zero-order chi connectivity index (χ0) is 19.2. The molecule has 3 heterocycles. The number of carbonyl (C=O) groups excluding carboxylic acids is 1. The molecule has 1 aromatic carbocycles.